The van der Waals surface area contributed by atoms with Crippen LogP contribution in [-0.4, -0.2) is 40.1 Å². The van der Waals surface area contributed by atoms with E-state index in [9.17, 15) is 14.2 Å². The van der Waals surface area contributed by atoms with E-state index in [1.54, 1.807) is 48.5 Å². The fourth-order valence-electron chi connectivity index (χ4n) is 3.11. The van der Waals surface area contributed by atoms with Gasteiger partial charge in [0.05, 0.1) is 12.6 Å². The first kappa shape index (κ1) is 28.2. The second kappa shape index (κ2) is 11.9. The van der Waals surface area contributed by atoms with E-state index in [4.69, 9.17) is 9.26 Å². The third kappa shape index (κ3) is 8.25. The van der Waals surface area contributed by atoms with Gasteiger partial charge in [0.2, 0.25) is 0 Å². The zero-order valence-electron chi connectivity index (χ0n) is 21.0. The van der Waals surface area contributed by atoms with E-state index >= 15 is 0 Å². The minimum Gasteiger partial charge on any atom is -0.444 e. The molecule has 0 saturated carbocycles. The van der Waals surface area contributed by atoms with E-state index in [1.807, 2.05) is 44.2 Å². The molecule has 32 heavy (non-hydrogen) atoms. The molecule has 1 aromatic carbocycles. The number of ether oxygens (including phenoxy) is 1. The van der Waals surface area contributed by atoms with Gasteiger partial charge in [0, 0.05) is 5.66 Å². The lowest BCUT2D eigenvalue weighted by Gasteiger charge is -2.38. The molecule has 0 fully saturated rings. The topological polar surface area (TPSA) is 84.9 Å². The molecule has 0 aliphatic rings. The Labute approximate surface area is 193 Å². The fraction of sp³-hybridized carbons (Fsp3) is 0.667. The summed E-state index contributed by atoms with van der Waals surface area (Å²) in [5, 5.41) is 2.73. The average Bonchev–Trinajstić information content (AvgIpc) is 2.67. The monoisotopic (exact) mass is 468 g/mol. The molecule has 0 bridgehead atoms. The van der Waals surface area contributed by atoms with Gasteiger partial charge in [0.15, 0.2) is 0 Å². The minimum absolute atomic E-state index is 0.116. The highest BCUT2D eigenvalue weighted by Crippen LogP contribution is 2.57. The lowest BCUT2D eigenvalue weighted by Crippen LogP contribution is -2.52. The number of rotatable bonds is 10. The molecule has 182 valence electrons. The van der Waals surface area contributed by atoms with Crippen molar-refractivity contribution in [2.45, 2.75) is 98.7 Å². The number of nitrogens with zero attached hydrogens (tertiary/aromatic N) is 1. The van der Waals surface area contributed by atoms with Gasteiger partial charge in [-0.3, -0.25) is 14.0 Å². The van der Waals surface area contributed by atoms with Gasteiger partial charge < -0.3 is 14.6 Å². The SMILES string of the molecule is CC[C@H](C)[C@H](NC(=O)OC(C)(C)C)C(=O)N(Cc1ccccc1)P(=O)(OC(C)C)C(C)C. The highest BCUT2D eigenvalue weighted by atomic mass is 31.2. The highest BCUT2D eigenvalue weighted by Gasteiger charge is 2.43. The van der Waals surface area contributed by atoms with Crippen LogP contribution in [0, 0.1) is 5.92 Å². The van der Waals surface area contributed by atoms with Crippen molar-refractivity contribution in [1.29, 1.82) is 0 Å². The molecule has 0 heterocycles. The largest absolute Gasteiger partial charge is 0.444 e. The molecule has 8 heteroatoms. The average molecular weight is 469 g/mol. The van der Waals surface area contributed by atoms with Crippen molar-refractivity contribution in [3.05, 3.63) is 35.9 Å². The normalized spacial score (nSPS) is 15.7. The van der Waals surface area contributed by atoms with Gasteiger partial charge in [-0.2, -0.15) is 0 Å². The maximum Gasteiger partial charge on any atom is 0.408 e. The standard InChI is InChI=1S/C24H41N2O5P/c1-10-19(6)21(25-23(28)30-24(7,8)9)22(27)26(16-20-14-12-11-13-15-20)32(29,18(4)5)31-17(2)3/h11-15,17-19,21H,10,16H2,1-9H3,(H,25,28)/t19-,21-,32?/m0/s1. The van der Waals surface area contributed by atoms with Crippen LogP contribution in [0.1, 0.15) is 74.3 Å². The Hall–Kier alpha value is -1.85. The summed E-state index contributed by atoms with van der Waals surface area (Å²) in [6.07, 6.45) is -0.377. The smallest absolute Gasteiger partial charge is 0.408 e. The predicted octanol–water partition coefficient (Wildman–Crippen LogP) is 5.98. The van der Waals surface area contributed by atoms with Crippen LogP contribution in [0.3, 0.4) is 0 Å². The lowest BCUT2D eigenvalue weighted by atomic mass is 9.98. The van der Waals surface area contributed by atoms with Gasteiger partial charge in [0.1, 0.15) is 11.6 Å². The predicted molar refractivity (Wildman–Crippen MR) is 129 cm³/mol. The van der Waals surface area contributed by atoms with E-state index < -0.39 is 36.8 Å². The minimum atomic E-state index is -3.58. The van der Waals surface area contributed by atoms with E-state index in [0.29, 0.717) is 6.42 Å². The molecule has 1 aromatic rings. The number of hydrogen-bond acceptors (Lipinski definition) is 5. The maximum absolute atomic E-state index is 14.1. The van der Waals surface area contributed by atoms with Crippen molar-refractivity contribution < 1.29 is 23.4 Å². The van der Waals surface area contributed by atoms with Crippen molar-refractivity contribution in [2.24, 2.45) is 5.92 Å². The van der Waals surface area contributed by atoms with Crippen molar-refractivity contribution in [2.75, 3.05) is 0 Å². The molecule has 2 amide bonds. The summed E-state index contributed by atoms with van der Waals surface area (Å²) < 4.78 is 26.8. The second-order valence-electron chi connectivity index (χ2n) is 9.70. The van der Waals surface area contributed by atoms with Gasteiger partial charge in [-0.1, -0.05) is 64.4 Å². The van der Waals surface area contributed by atoms with Crippen LogP contribution in [0.2, 0.25) is 0 Å². The number of carbonyl (C=O) groups excluding carboxylic acids is 2. The Morgan fingerprint density at radius 2 is 1.62 bits per heavy atom. The molecule has 3 atom stereocenters. The number of hydrogen-bond donors (Lipinski definition) is 1. The molecule has 0 spiro atoms. The van der Waals surface area contributed by atoms with Crippen molar-refractivity contribution in [3.8, 4) is 0 Å². The summed E-state index contributed by atoms with van der Waals surface area (Å²) in [6, 6.07) is 8.47. The zero-order chi connectivity index (χ0) is 24.7. The zero-order valence-corrected chi connectivity index (χ0v) is 21.9. The van der Waals surface area contributed by atoms with E-state index in [-0.39, 0.29) is 18.6 Å². The fourth-order valence-corrected chi connectivity index (χ4v) is 5.39. The summed E-state index contributed by atoms with van der Waals surface area (Å²) in [6.45, 7) is 16.4. The van der Waals surface area contributed by atoms with Crippen LogP contribution in [0.4, 0.5) is 4.79 Å². The van der Waals surface area contributed by atoms with Crippen LogP contribution in [-0.2, 0) is 25.2 Å². The van der Waals surface area contributed by atoms with Gasteiger partial charge in [0.25, 0.3) is 5.91 Å². The third-order valence-corrected chi connectivity index (χ3v) is 7.97. The van der Waals surface area contributed by atoms with Gasteiger partial charge in [-0.25, -0.2) is 4.79 Å². The summed E-state index contributed by atoms with van der Waals surface area (Å²) in [4.78, 5) is 26.4. The molecule has 0 aliphatic heterocycles. The van der Waals surface area contributed by atoms with Gasteiger partial charge in [-0.05, 0) is 46.1 Å². The van der Waals surface area contributed by atoms with Crippen molar-refractivity contribution in [3.63, 3.8) is 0 Å². The Morgan fingerprint density at radius 3 is 2.06 bits per heavy atom. The number of benzene rings is 1. The Kier molecular flexibility index (Phi) is 10.4. The Balaban J connectivity index is 3.43. The van der Waals surface area contributed by atoms with Crippen LogP contribution < -0.4 is 5.32 Å². The number of alkyl carbamates (subject to hydrolysis) is 1. The Morgan fingerprint density at radius 1 is 1.06 bits per heavy atom. The van der Waals surface area contributed by atoms with Crippen LogP contribution in [0.25, 0.3) is 0 Å². The van der Waals surface area contributed by atoms with E-state index in [1.165, 1.54) is 4.67 Å². The first-order chi connectivity index (χ1) is 14.7. The maximum atomic E-state index is 14.1. The van der Waals surface area contributed by atoms with Gasteiger partial charge in [-0.15, -0.1) is 0 Å². The first-order valence-corrected chi connectivity index (χ1v) is 13.0. The van der Waals surface area contributed by atoms with Crippen molar-refractivity contribution in [1.82, 2.24) is 9.99 Å². The van der Waals surface area contributed by atoms with Crippen LogP contribution in [0.5, 0.6) is 0 Å². The first-order valence-electron chi connectivity index (χ1n) is 11.3. The number of amides is 2. The summed E-state index contributed by atoms with van der Waals surface area (Å²) in [5.74, 6) is -0.639. The van der Waals surface area contributed by atoms with E-state index in [0.717, 1.165) is 5.56 Å². The molecule has 0 radical (unpaired) electrons. The molecule has 0 aliphatic carbocycles. The number of nitrogens with one attached hydrogen (secondary N) is 1. The van der Waals surface area contributed by atoms with Crippen LogP contribution in [0.15, 0.2) is 30.3 Å². The van der Waals surface area contributed by atoms with Crippen molar-refractivity contribution >= 4 is 19.5 Å². The summed E-state index contributed by atoms with van der Waals surface area (Å²) in [7, 11) is -3.58. The molecule has 1 rings (SSSR count). The molecular weight excluding hydrogens is 427 g/mol. The molecule has 1 unspecified atom stereocenters. The molecule has 0 aromatic heterocycles. The lowest BCUT2D eigenvalue weighted by molar-refractivity contribution is -0.131. The van der Waals surface area contributed by atoms with E-state index in [2.05, 4.69) is 5.32 Å². The summed E-state index contributed by atoms with van der Waals surface area (Å²) in [5.41, 5.74) is -0.295. The Bertz CT molecular complexity index is 789. The molecule has 1 N–H and O–H groups in total. The van der Waals surface area contributed by atoms with Gasteiger partial charge >= 0.3 is 13.6 Å². The molecular formula is C24H41N2O5P. The molecule has 7 nitrogen and oxygen atoms in total. The highest BCUT2D eigenvalue weighted by molar-refractivity contribution is 7.57. The molecule has 0 saturated heterocycles. The number of carbonyl (C=O) groups is 2. The quantitative estimate of drug-likeness (QED) is 0.427. The summed E-state index contributed by atoms with van der Waals surface area (Å²) >= 11 is 0. The second-order valence-corrected chi connectivity index (χ2v) is 12.6. The van der Waals surface area contributed by atoms with Crippen LogP contribution >= 0.6 is 7.52 Å². The third-order valence-electron chi connectivity index (χ3n) is 4.93.